The molecule has 1 rings (SSSR count). The van der Waals surface area contributed by atoms with Crippen molar-refractivity contribution in [1.82, 2.24) is 0 Å². The lowest BCUT2D eigenvalue weighted by Gasteiger charge is -2.23. The first-order valence-electron chi connectivity index (χ1n) is 6.87. The molecule has 0 atom stereocenters. The Kier molecular flexibility index (Phi) is 6.52. The van der Waals surface area contributed by atoms with Crippen molar-refractivity contribution in [2.45, 2.75) is 0 Å². The molecule has 0 saturated carbocycles. The van der Waals surface area contributed by atoms with Gasteiger partial charge < -0.3 is 23.8 Å². The molecule has 21 heavy (non-hydrogen) atoms. The Labute approximate surface area is 126 Å². The topological polar surface area (TPSA) is 47.9 Å². The Bertz CT molecular complexity index is 453. The number of benzene rings is 1. The van der Waals surface area contributed by atoms with Crippen LogP contribution in [-0.4, -0.2) is 64.7 Å². The van der Waals surface area contributed by atoms with Crippen LogP contribution in [-0.2, 0) is 4.74 Å². The largest absolute Gasteiger partial charge is 0.502 e. The molecule has 0 unspecified atom stereocenters. The Morgan fingerprint density at radius 3 is 2.14 bits per heavy atom. The highest BCUT2D eigenvalue weighted by Crippen LogP contribution is 2.37. The number of quaternary nitrogens is 1. The van der Waals surface area contributed by atoms with Crippen molar-refractivity contribution < 1.29 is 23.8 Å². The Balaban J connectivity index is 2.56. The SMILES string of the molecule is COc1cc(/C=C/COCC[N+](C)(C)C)cc(OC)c1O. The number of hydrogen-bond acceptors (Lipinski definition) is 4. The van der Waals surface area contributed by atoms with Crippen LogP contribution >= 0.6 is 0 Å². The van der Waals surface area contributed by atoms with Gasteiger partial charge in [0.2, 0.25) is 5.75 Å². The maximum atomic E-state index is 9.83. The van der Waals surface area contributed by atoms with E-state index in [0.717, 1.165) is 23.2 Å². The molecule has 1 aromatic rings. The molecule has 0 fully saturated rings. The van der Waals surface area contributed by atoms with E-state index in [4.69, 9.17) is 14.2 Å². The molecule has 0 saturated heterocycles. The van der Waals surface area contributed by atoms with Gasteiger partial charge >= 0.3 is 0 Å². The normalized spacial score (nSPS) is 11.9. The Morgan fingerprint density at radius 2 is 1.67 bits per heavy atom. The van der Waals surface area contributed by atoms with Gasteiger partial charge in [-0.05, 0) is 17.7 Å². The minimum Gasteiger partial charge on any atom is -0.502 e. The molecular weight excluding hydrogens is 270 g/mol. The number of hydrogen-bond donors (Lipinski definition) is 1. The van der Waals surface area contributed by atoms with Crippen molar-refractivity contribution in [1.29, 1.82) is 0 Å². The number of ether oxygens (including phenoxy) is 3. The van der Waals surface area contributed by atoms with Gasteiger partial charge in [-0.25, -0.2) is 0 Å². The van der Waals surface area contributed by atoms with Crippen LogP contribution in [0, 0.1) is 0 Å². The smallest absolute Gasteiger partial charge is 0.200 e. The Hall–Kier alpha value is -1.72. The van der Waals surface area contributed by atoms with Gasteiger partial charge in [0.15, 0.2) is 11.5 Å². The number of methoxy groups -OCH3 is 2. The van der Waals surface area contributed by atoms with Gasteiger partial charge in [0.25, 0.3) is 0 Å². The zero-order valence-corrected chi connectivity index (χ0v) is 13.5. The molecule has 0 aromatic heterocycles. The number of phenolic OH excluding ortho intramolecular Hbond substituents is 1. The molecule has 0 spiro atoms. The highest BCUT2D eigenvalue weighted by molar-refractivity contribution is 5.61. The molecule has 0 aliphatic carbocycles. The van der Waals surface area contributed by atoms with Crippen molar-refractivity contribution in [2.24, 2.45) is 0 Å². The molecule has 0 bridgehead atoms. The summed E-state index contributed by atoms with van der Waals surface area (Å²) < 4.78 is 16.7. The van der Waals surface area contributed by atoms with Gasteiger partial charge in [-0.2, -0.15) is 0 Å². The predicted octanol–water partition coefficient (Wildman–Crippen LogP) is 2.15. The van der Waals surface area contributed by atoms with Crippen LogP contribution in [0.1, 0.15) is 5.56 Å². The number of aromatic hydroxyl groups is 1. The lowest BCUT2D eigenvalue weighted by atomic mass is 10.1. The van der Waals surface area contributed by atoms with Crippen molar-refractivity contribution in [3.63, 3.8) is 0 Å². The molecule has 0 aliphatic rings. The van der Waals surface area contributed by atoms with Gasteiger partial charge in [0.05, 0.1) is 48.6 Å². The van der Waals surface area contributed by atoms with E-state index in [-0.39, 0.29) is 5.75 Å². The summed E-state index contributed by atoms with van der Waals surface area (Å²) in [6.45, 7) is 2.23. The van der Waals surface area contributed by atoms with E-state index >= 15 is 0 Å². The molecule has 118 valence electrons. The number of nitrogens with zero attached hydrogens (tertiary/aromatic N) is 1. The second-order valence-electron chi connectivity index (χ2n) is 5.77. The van der Waals surface area contributed by atoms with Gasteiger partial charge in [-0.3, -0.25) is 0 Å². The van der Waals surface area contributed by atoms with Gasteiger partial charge in [0, 0.05) is 0 Å². The maximum absolute atomic E-state index is 9.83. The molecule has 0 radical (unpaired) electrons. The second-order valence-corrected chi connectivity index (χ2v) is 5.77. The van der Waals surface area contributed by atoms with Gasteiger partial charge in [-0.15, -0.1) is 0 Å². The fourth-order valence-electron chi connectivity index (χ4n) is 1.68. The molecular formula is C16H26NO4+. The second kappa shape index (κ2) is 7.90. The van der Waals surface area contributed by atoms with Gasteiger partial charge in [0.1, 0.15) is 6.54 Å². The summed E-state index contributed by atoms with van der Waals surface area (Å²) in [7, 11) is 9.42. The highest BCUT2D eigenvalue weighted by Gasteiger charge is 2.09. The fourth-order valence-corrected chi connectivity index (χ4v) is 1.68. The molecule has 0 amide bonds. The first kappa shape index (κ1) is 17.3. The molecule has 1 aromatic carbocycles. The quantitative estimate of drug-likeness (QED) is 0.590. The van der Waals surface area contributed by atoms with Crippen molar-refractivity contribution >= 4 is 6.08 Å². The molecule has 1 N–H and O–H groups in total. The molecule has 0 heterocycles. The van der Waals surface area contributed by atoms with E-state index in [1.165, 1.54) is 14.2 Å². The zero-order valence-electron chi connectivity index (χ0n) is 13.5. The monoisotopic (exact) mass is 296 g/mol. The lowest BCUT2D eigenvalue weighted by Crippen LogP contribution is -2.37. The molecule has 5 heteroatoms. The van der Waals surface area contributed by atoms with Gasteiger partial charge in [-0.1, -0.05) is 12.2 Å². The third-order valence-electron chi connectivity index (χ3n) is 2.93. The summed E-state index contributed by atoms with van der Waals surface area (Å²) in [6, 6.07) is 3.50. The van der Waals surface area contributed by atoms with Crippen LogP contribution in [0.4, 0.5) is 0 Å². The number of rotatable bonds is 8. The first-order valence-corrected chi connectivity index (χ1v) is 6.87. The van der Waals surface area contributed by atoms with Crippen LogP contribution in [0.5, 0.6) is 17.2 Å². The van der Waals surface area contributed by atoms with E-state index in [1.54, 1.807) is 12.1 Å². The van der Waals surface area contributed by atoms with E-state index in [9.17, 15) is 5.11 Å². The van der Waals surface area contributed by atoms with E-state index < -0.39 is 0 Å². The average molecular weight is 296 g/mol. The fraction of sp³-hybridized carbons (Fsp3) is 0.500. The minimum atomic E-state index is 0.0105. The van der Waals surface area contributed by atoms with Crippen LogP contribution < -0.4 is 9.47 Å². The van der Waals surface area contributed by atoms with Crippen molar-refractivity contribution in [2.75, 3.05) is 55.1 Å². The zero-order chi connectivity index (χ0) is 15.9. The molecule has 5 nitrogen and oxygen atoms in total. The van der Waals surface area contributed by atoms with Crippen LogP contribution in [0.3, 0.4) is 0 Å². The van der Waals surface area contributed by atoms with Crippen molar-refractivity contribution in [3.8, 4) is 17.2 Å². The lowest BCUT2D eigenvalue weighted by molar-refractivity contribution is -0.870. The minimum absolute atomic E-state index is 0.0105. The summed E-state index contributed by atoms with van der Waals surface area (Å²) in [5.41, 5.74) is 0.886. The van der Waals surface area contributed by atoms with Crippen molar-refractivity contribution in [3.05, 3.63) is 23.8 Å². The molecule has 0 aliphatic heterocycles. The van der Waals surface area contributed by atoms with Crippen LogP contribution in [0.2, 0.25) is 0 Å². The predicted molar refractivity (Wildman–Crippen MR) is 84.0 cm³/mol. The van der Waals surface area contributed by atoms with Crippen LogP contribution in [0.15, 0.2) is 18.2 Å². The van der Waals surface area contributed by atoms with Crippen LogP contribution in [0.25, 0.3) is 6.08 Å². The van der Waals surface area contributed by atoms with E-state index in [0.29, 0.717) is 18.1 Å². The third-order valence-corrected chi connectivity index (χ3v) is 2.93. The average Bonchev–Trinajstić information content (AvgIpc) is 2.42. The number of likely N-dealkylation sites (N-methyl/N-ethyl adjacent to an activating group) is 1. The third kappa shape index (κ3) is 6.06. The summed E-state index contributed by atoms with van der Waals surface area (Å²) in [5, 5.41) is 9.83. The standard InChI is InChI=1S/C16H25NO4/c1-17(2,3)8-10-21-9-6-7-13-11-14(19-4)16(18)15(12-13)20-5/h6-7,11-12H,8-10H2,1-5H3/p+1/b7-6+. The summed E-state index contributed by atoms with van der Waals surface area (Å²) in [6.07, 6.45) is 3.84. The summed E-state index contributed by atoms with van der Waals surface area (Å²) in [5.74, 6) is 0.788. The first-order chi connectivity index (χ1) is 9.87. The van der Waals surface area contributed by atoms with E-state index in [1.807, 2.05) is 12.2 Å². The van der Waals surface area contributed by atoms with E-state index in [2.05, 4.69) is 21.1 Å². The highest BCUT2D eigenvalue weighted by atomic mass is 16.5. The number of phenols is 1. The Morgan fingerprint density at radius 1 is 1.10 bits per heavy atom. The maximum Gasteiger partial charge on any atom is 0.200 e. The summed E-state index contributed by atoms with van der Waals surface area (Å²) in [4.78, 5) is 0. The summed E-state index contributed by atoms with van der Waals surface area (Å²) >= 11 is 0.